The number of hydrogen-bond acceptors (Lipinski definition) is 2. The minimum Gasteiger partial charge on any atom is -0.349 e. The van der Waals surface area contributed by atoms with Gasteiger partial charge in [-0.3, -0.25) is 4.79 Å². The Morgan fingerprint density at radius 3 is 2.14 bits per heavy atom. The van der Waals surface area contributed by atoms with E-state index in [2.05, 4.69) is 10.6 Å². The smallest absolute Gasteiger partial charge is 0.251 e. The summed E-state index contributed by atoms with van der Waals surface area (Å²) >= 11 is 0. The zero-order chi connectivity index (χ0) is 15.1. The van der Waals surface area contributed by atoms with Gasteiger partial charge < -0.3 is 10.6 Å². The van der Waals surface area contributed by atoms with Gasteiger partial charge in [0.15, 0.2) is 0 Å². The zero-order valence-corrected chi connectivity index (χ0v) is 13.3. The van der Waals surface area contributed by atoms with Crippen molar-refractivity contribution in [1.29, 1.82) is 0 Å². The van der Waals surface area contributed by atoms with Gasteiger partial charge in [0, 0.05) is 18.2 Å². The second kappa shape index (κ2) is 5.69. The van der Waals surface area contributed by atoms with Crippen LogP contribution in [0, 0.1) is 23.7 Å². The van der Waals surface area contributed by atoms with Crippen LogP contribution in [-0.4, -0.2) is 19.0 Å². The van der Waals surface area contributed by atoms with Crippen LogP contribution in [0.3, 0.4) is 0 Å². The fraction of sp³-hybridized carbons (Fsp3) is 0.632. The summed E-state index contributed by atoms with van der Waals surface area (Å²) < 4.78 is 0. The molecule has 4 aliphatic carbocycles. The molecule has 4 saturated carbocycles. The monoisotopic (exact) mass is 298 g/mol. The molecule has 1 aromatic rings. The van der Waals surface area contributed by atoms with E-state index < -0.39 is 0 Å². The first-order valence-corrected chi connectivity index (χ1v) is 8.77. The van der Waals surface area contributed by atoms with Crippen molar-refractivity contribution in [3.05, 3.63) is 35.4 Å². The number of rotatable bonds is 4. The Hall–Kier alpha value is -1.35. The Labute approximate surface area is 132 Å². The molecule has 0 radical (unpaired) electrons. The van der Waals surface area contributed by atoms with Gasteiger partial charge in [0.25, 0.3) is 5.91 Å². The maximum atomic E-state index is 12.6. The van der Waals surface area contributed by atoms with Crippen molar-refractivity contribution in [3.63, 3.8) is 0 Å². The first kappa shape index (κ1) is 14.3. The summed E-state index contributed by atoms with van der Waals surface area (Å²) in [5.41, 5.74) is 2.02. The quantitative estimate of drug-likeness (QED) is 0.897. The Bertz CT molecular complexity index is 523. The van der Waals surface area contributed by atoms with Gasteiger partial charge in [-0.1, -0.05) is 12.1 Å². The third-order valence-corrected chi connectivity index (χ3v) is 6.12. The van der Waals surface area contributed by atoms with Crippen molar-refractivity contribution in [1.82, 2.24) is 10.6 Å². The van der Waals surface area contributed by atoms with Gasteiger partial charge in [-0.05, 0) is 80.5 Å². The van der Waals surface area contributed by atoms with Crippen LogP contribution in [0.25, 0.3) is 0 Å². The molecule has 2 N–H and O–H groups in total. The summed E-state index contributed by atoms with van der Waals surface area (Å²) in [6, 6.07) is 8.43. The molecule has 0 heterocycles. The topological polar surface area (TPSA) is 41.1 Å². The van der Waals surface area contributed by atoms with Crippen LogP contribution in [0.5, 0.6) is 0 Å². The van der Waals surface area contributed by atoms with E-state index in [9.17, 15) is 4.79 Å². The molecule has 1 aromatic carbocycles. The van der Waals surface area contributed by atoms with Gasteiger partial charge in [-0.2, -0.15) is 0 Å². The third kappa shape index (κ3) is 2.56. The van der Waals surface area contributed by atoms with Crippen LogP contribution in [0.15, 0.2) is 24.3 Å². The molecule has 5 rings (SSSR count). The van der Waals surface area contributed by atoms with Crippen LogP contribution in [-0.2, 0) is 6.54 Å². The van der Waals surface area contributed by atoms with Crippen LogP contribution in [0.2, 0.25) is 0 Å². The Morgan fingerprint density at radius 1 is 1.00 bits per heavy atom. The summed E-state index contributed by atoms with van der Waals surface area (Å²) in [4.78, 5) is 12.6. The highest BCUT2D eigenvalue weighted by molar-refractivity contribution is 5.94. The molecule has 0 aromatic heterocycles. The molecular weight excluding hydrogens is 272 g/mol. The SMILES string of the molecule is CNCc1ccc(C(=O)NC2C3CC4CC(C3)CC2C4)cc1. The van der Waals surface area contributed by atoms with Crippen molar-refractivity contribution in [2.24, 2.45) is 23.7 Å². The summed E-state index contributed by atoms with van der Waals surface area (Å²) in [7, 11) is 1.94. The molecule has 4 bridgehead atoms. The highest BCUT2D eigenvalue weighted by atomic mass is 16.1. The zero-order valence-electron chi connectivity index (χ0n) is 13.3. The maximum absolute atomic E-state index is 12.6. The molecule has 0 saturated heterocycles. The normalized spacial score (nSPS) is 35.6. The summed E-state index contributed by atoms with van der Waals surface area (Å²) in [5, 5.41) is 6.51. The maximum Gasteiger partial charge on any atom is 0.251 e. The molecule has 0 atom stereocenters. The summed E-state index contributed by atoms with van der Waals surface area (Å²) in [5.74, 6) is 3.51. The average molecular weight is 298 g/mol. The lowest BCUT2D eigenvalue weighted by molar-refractivity contribution is -0.0119. The van der Waals surface area contributed by atoms with E-state index in [-0.39, 0.29) is 5.91 Å². The fourth-order valence-corrected chi connectivity index (χ4v) is 5.37. The van der Waals surface area contributed by atoms with Gasteiger partial charge in [-0.25, -0.2) is 0 Å². The largest absolute Gasteiger partial charge is 0.349 e. The molecular formula is C19H26N2O. The van der Waals surface area contributed by atoms with Crippen molar-refractivity contribution in [2.45, 2.75) is 44.7 Å². The number of amides is 1. The molecule has 118 valence electrons. The van der Waals surface area contributed by atoms with E-state index in [1.165, 1.54) is 37.7 Å². The van der Waals surface area contributed by atoms with Crippen LogP contribution in [0.1, 0.15) is 48.0 Å². The average Bonchev–Trinajstić information content (AvgIpc) is 2.51. The second-order valence-corrected chi connectivity index (χ2v) is 7.66. The molecule has 4 fully saturated rings. The first-order valence-electron chi connectivity index (χ1n) is 8.77. The van der Waals surface area contributed by atoms with E-state index in [4.69, 9.17) is 0 Å². The predicted octanol–water partition coefficient (Wildman–Crippen LogP) is 2.96. The van der Waals surface area contributed by atoms with Crippen molar-refractivity contribution >= 4 is 5.91 Å². The van der Waals surface area contributed by atoms with Gasteiger partial charge in [0.05, 0.1) is 0 Å². The molecule has 0 spiro atoms. The lowest BCUT2D eigenvalue weighted by atomic mass is 9.54. The minimum atomic E-state index is 0.119. The van der Waals surface area contributed by atoms with Crippen LogP contribution in [0.4, 0.5) is 0 Å². The lowest BCUT2D eigenvalue weighted by Crippen LogP contribution is -2.55. The van der Waals surface area contributed by atoms with E-state index in [0.29, 0.717) is 6.04 Å². The van der Waals surface area contributed by atoms with Crippen molar-refractivity contribution < 1.29 is 4.79 Å². The number of nitrogens with one attached hydrogen (secondary N) is 2. The van der Waals surface area contributed by atoms with E-state index in [1.807, 2.05) is 31.3 Å². The summed E-state index contributed by atoms with van der Waals surface area (Å²) in [6.45, 7) is 0.845. The molecule has 1 amide bonds. The minimum absolute atomic E-state index is 0.119. The first-order chi connectivity index (χ1) is 10.7. The number of carbonyl (C=O) groups excluding carboxylic acids is 1. The molecule has 0 unspecified atom stereocenters. The highest BCUT2D eigenvalue weighted by Crippen LogP contribution is 2.53. The van der Waals surface area contributed by atoms with Gasteiger partial charge in [-0.15, -0.1) is 0 Å². The van der Waals surface area contributed by atoms with Crippen LogP contribution < -0.4 is 10.6 Å². The molecule has 4 aliphatic rings. The predicted molar refractivity (Wildman–Crippen MR) is 87.5 cm³/mol. The second-order valence-electron chi connectivity index (χ2n) is 7.66. The number of benzene rings is 1. The number of hydrogen-bond donors (Lipinski definition) is 2. The van der Waals surface area contributed by atoms with Crippen molar-refractivity contribution in [2.75, 3.05) is 7.05 Å². The molecule has 22 heavy (non-hydrogen) atoms. The molecule has 3 nitrogen and oxygen atoms in total. The van der Waals surface area contributed by atoms with E-state index >= 15 is 0 Å². The lowest BCUT2D eigenvalue weighted by Gasteiger charge is -2.54. The molecule has 0 aliphatic heterocycles. The highest BCUT2D eigenvalue weighted by Gasteiger charge is 2.48. The van der Waals surface area contributed by atoms with Gasteiger partial charge in [0.2, 0.25) is 0 Å². The van der Waals surface area contributed by atoms with Gasteiger partial charge in [0.1, 0.15) is 0 Å². The van der Waals surface area contributed by atoms with Crippen molar-refractivity contribution in [3.8, 4) is 0 Å². The Kier molecular flexibility index (Phi) is 3.69. The molecule has 3 heteroatoms. The van der Waals surface area contributed by atoms with Crippen LogP contribution >= 0.6 is 0 Å². The van der Waals surface area contributed by atoms with E-state index in [0.717, 1.165) is 35.8 Å². The third-order valence-electron chi connectivity index (χ3n) is 6.12. The standard InChI is InChI=1S/C19H26N2O/c1-20-11-12-2-4-15(5-3-12)19(22)21-18-16-7-13-6-14(9-16)10-17(18)8-13/h2-5,13-14,16-18,20H,6-11H2,1H3,(H,21,22). The Balaban J connectivity index is 1.43. The number of carbonyl (C=O) groups is 1. The van der Waals surface area contributed by atoms with E-state index in [1.54, 1.807) is 0 Å². The Morgan fingerprint density at radius 2 is 1.59 bits per heavy atom. The van der Waals surface area contributed by atoms with Gasteiger partial charge >= 0.3 is 0 Å². The fourth-order valence-electron chi connectivity index (χ4n) is 5.37. The summed E-state index contributed by atoms with van der Waals surface area (Å²) in [6.07, 6.45) is 6.84.